The van der Waals surface area contributed by atoms with Crippen LogP contribution in [0.3, 0.4) is 0 Å². The Hall–Kier alpha value is -1.76. The van der Waals surface area contributed by atoms with Crippen molar-refractivity contribution >= 4 is 27.1 Å². The van der Waals surface area contributed by atoms with Crippen LogP contribution in [0.15, 0.2) is 18.2 Å². The average Bonchev–Trinajstić information content (AvgIpc) is 2.66. The smallest absolute Gasteiger partial charge is 0.265 e. The van der Waals surface area contributed by atoms with Gasteiger partial charge in [0.1, 0.15) is 5.75 Å². The maximum atomic E-state index is 6.47. The third-order valence-electron chi connectivity index (χ3n) is 5.35. The SMILES string of the molecule is CCC(Nc1cc(C)nc(Oc2c(C)cc(Cl)cc2C)c1OC)C(C)(C)O[SiH2]C(C)(C)C. The summed E-state index contributed by atoms with van der Waals surface area (Å²) in [6, 6.07) is 5.86. The molecule has 0 amide bonds. The van der Waals surface area contributed by atoms with Gasteiger partial charge >= 0.3 is 0 Å². The summed E-state index contributed by atoms with van der Waals surface area (Å²) < 4.78 is 18.5. The normalized spacial score (nSPS) is 13.5. The van der Waals surface area contributed by atoms with Gasteiger partial charge in [-0.2, -0.15) is 0 Å². The van der Waals surface area contributed by atoms with Crippen LogP contribution in [0.25, 0.3) is 0 Å². The molecule has 5 nitrogen and oxygen atoms in total. The zero-order chi connectivity index (χ0) is 24.3. The fraction of sp³-hybridized carbons (Fsp3) is 0.560. The fourth-order valence-corrected chi connectivity index (χ4v) is 4.95. The number of nitrogens with one attached hydrogen (secondary N) is 1. The Labute approximate surface area is 201 Å². The van der Waals surface area contributed by atoms with Crippen molar-refractivity contribution in [1.29, 1.82) is 0 Å². The van der Waals surface area contributed by atoms with Gasteiger partial charge in [0.2, 0.25) is 5.75 Å². The molecule has 7 heteroatoms. The third-order valence-corrected chi connectivity index (χ3v) is 7.32. The van der Waals surface area contributed by atoms with Gasteiger partial charge in [0.25, 0.3) is 5.88 Å². The number of halogens is 1. The van der Waals surface area contributed by atoms with Crippen molar-refractivity contribution in [1.82, 2.24) is 4.98 Å². The minimum atomic E-state index is -0.697. The number of nitrogens with zero attached hydrogens (tertiary/aromatic N) is 1. The van der Waals surface area contributed by atoms with Crippen LogP contribution < -0.4 is 14.8 Å². The Morgan fingerprint density at radius 2 is 1.62 bits per heavy atom. The second kappa shape index (κ2) is 10.4. The number of rotatable bonds is 9. The first-order chi connectivity index (χ1) is 14.8. The van der Waals surface area contributed by atoms with E-state index in [-0.39, 0.29) is 16.7 Å². The zero-order valence-electron chi connectivity index (χ0n) is 21.3. The van der Waals surface area contributed by atoms with E-state index in [4.69, 9.17) is 25.5 Å². The Morgan fingerprint density at radius 1 is 1.03 bits per heavy atom. The first-order valence-corrected chi connectivity index (χ1v) is 12.8. The number of pyridine rings is 1. The second-order valence-corrected chi connectivity index (χ2v) is 13.3. The summed E-state index contributed by atoms with van der Waals surface area (Å²) in [6.07, 6.45) is 0.904. The van der Waals surface area contributed by atoms with Crippen molar-refractivity contribution in [2.75, 3.05) is 12.4 Å². The predicted molar refractivity (Wildman–Crippen MR) is 138 cm³/mol. The summed E-state index contributed by atoms with van der Waals surface area (Å²) in [4.78, 5) is 4.62. The minimum absolute atomic E-state index is 0.0971. The highest BCUT2D eigenvalue weighted by atomic mass is 35.5. The van der Waals surface area contributed by atoms with Gasteiger partial charge in [0.05, 0.1) is 24.4 Å². The van der Waals surface area contributed by atoms with E-state index < -0.39 is 9.76 Å². The van der Waals surface area contributed by atoms with Gasteiger partial charge in [-0.1, -0.05) is 39.3 Å². The Kier molecular flexibility index (Phi) is 8.65. The highest BCUT2D eigenvalue weighted by molar-refractivity contribution is 6.32. The number of aromatic nitrogens is 1. The summed E-state index contributed by atoms with van der Waals surface area (Å²) in [5.41, 5.74) is 3.26. The van der Waals surface area contributed by atoms with Gasteiger partial charge in [0, 0.05) is 10.7 Å². The molecule has 0 radical (unpaired) electrons. The summed E-state index contributed by atoms with van der Waals surface area (Å²) in [6.45, 7) is 19.1. The third kappa shape index (κ3) is 6.87. The molecule has 0 aliphatic heterocycles. The largest absolute Gasteiger partial charge is 0.490 e. The van der Waals surface area contributed by atoms with E-state index in [1.165, 1.54) is 0 Å². The lowest BCUT2D eigenvalue weighted by molar-refractivity contribution is 0.0858. The number of ether oxygens (including phenoxy) is 2. The second-order valence-electron chi connectivity index (χ2n) is 10.2. The number of hydrogen-bond donors (Lipinski definition) is 1. The molecule has 0 fully saturated rings. The molecule has 2 rings (SSSR count). The molecule has 178 valence electrons. The van der Waals surface area contributed by atoms with E-state index in [0.29, 0.717) is 16.7 Å². The fourth-order valence-electron chi connectivity index (χ4n) is 3.62. The van der Waals surface area contributed by atoms with Crippen LogP contribution in [0, 0.1) is 20.8 Å². The first-order valence-electron chi connectivity index (χ1n) is 11.2. The van der Waals surface area contributed by atoms with E-state index in [1.807, 2.05) is 39.0 Å². The average molecular weight is 479 g/mol. The topological polar surface area (TPSA) is 52.6 Å². The molecule has 1 atom stereocenters. The Bertz CT molecular complexity index is 919. The molecule has 1 aromatic heterocycles. The molecule has 0 saturated carbocycles. The van der Waals surface area contributed by atoms with Gasteiger partial charge in [-0.05, 0) is 75.4 Å². The lowest BCUT2D eigenvalue weighted by atomic mass is 9.96. The van der Waals surface area contributed by atoms with Crippen molar-refractivity contribution in [3.8, 4) is 17.4 Å². The molecule has 1 N–H and O–H groups in total. The van der Waals surface area contributed by atoms with Crippen molar-refractivity contribution in [3.05, 3.63) is 40.0 Å². The first kappa shape index (κ1) is 26.5. The molecule has 0 aliphatic carbocycles. The van der Waals surface area contributed by atoms with E-state index in [1.54, 1.807) is 7.11 Å². The molecule has 0 spiro atoms. The van der Waals surface area contributed by atoms with Crippen LogP contribution >= 0.6 is 11.6 Å². The molecule has 1 unspecified atom stereocenters. The standard InChI is InChI=1S/C25H39ClN2O3Si/c1-11-20(25(8,9)31-32-24(5,6)7)28-19-14-17(4)27-23(22(19)29-10)30-21-15(2)12-18(26)13-16(21)3/h12-14,20H,11,32H2,1-10H3,(H,27,28). The van der Waals surface area contributed by atoms with Crippen molar-refractivity contribution in [2.45, 2.75) is 85.4 Å². The van der Waals surface area contributed by atoms with E-state index in [9.17, 15) is 0 Å². The van der Waals surface area contributed by atoms with Gasteiger partial charge < -0.3 is 19.2 Å². The molecule has 0 aliphatic rings. The van der Waals surface area contributed by atoms with Crippen LogP contribution in [-0.2, 0) is 4.43 Å². The number of hydrogen-bond acceptors (Lipinski definition) is 5. The van der Waals surface area contributed by atoms with Crippen LogP contribution in [0.2, 0.25) is 10.1 Å². The van der Waals surface area contributed by atoms with Gasteiger partial charge in [-0.15, -0.1) is 0 Å². The monoisotopic (exact) mass is 478 g/mol. The molecule has 1 heterocycles. The minimum Gasteiger partial charge on any atom is -0.490 e. The maximum Gasteiger partial charge on any atom is 0.265 e. The Balaban J connectivity index is 2.40. The van der Waals surface area contributed by atoms with Gasteiger partial charge in [0.15, 0.2) is 9.76 Å². The highest BCUT2D eigenvalue weighted by Gasteiger charge is 2.32. The van der Waals surface area contributed by atoms with E-state index >= 15 is 0 Å². The lowest BCUT2D eigenvalue weighted by Crippen LogP contribution is -2.45. The molecule has 1 aromatic carbocycles. The summed E-state index contributed by atoms with van der Waals surface area (Å²) in [7, 11) is 0.943. The van der Waals surface area contributed by atoms with Gasteiger partial charge in [-0.25, -0.2) is 4.98 Å². The van der Waals surface area contributed by atoms with Crippen LogP contribution in [0.5, 0.6) is 17.4 Å². The van der Waals surface area contributed by atoms with Crippen LogP contribution in [0.4, 0.5) is 5.69 Å². The van der Waals surface area contributed by atoms with E-state index in [2.05, 4.69) is 51.8 Å². The maximum absolute atomic E-state index is 6.47. The molecule has 0 bridgehead atoms. The summed E-state index contributed by atoms with van der Waals surface area (Å²) in [5.74, 6) is 1.75. The van der Waals surface area contributed by atoms with Crippen molar-refractivity contribution in [3.63, 3.8) is 0 Å². The molecular formula is C25H39ClN2O3Si. The molecule has 0 saturated heterocycles. The number of methoxy groups -OCH3 is 1. The number of anilines is 1. The molecular weight excluding hydrogens is 440 g/mol. The number of benzene rings is 1. The summed E-state index contributed by atoms with van der Waals surface area (Å²) >= 11 is 6.19. The lowest BCUT2D eigenvalue weighted by Gasteiger charge is -2.38. The zero-order valence-corrected chi connectivity index (χ0v) is 23.4. The van der Waals surface area contributed by atoms with Crippen LogP contribution in [0.1, 0.15) is 64.8 Å². The van der Waals surface area contributed by atoms with Gasteiger partial charge in [-0.3, -0.25) is 0 Å². The van der Waals surface area contributed by atoms with Crippen LogP contribution in [-0.4, -0.2) is 33.5 Å². The molecule has 32 heavy (non-hydrogen) atoms. The quantitative estimate of drug-likeness (QED) is 0.404. The van der Waals surface area contributed by atoms with E-state index in [0.717, 1.165) is 34.7 Å². The molecule has 2 aromatic rings. The van der Waals surface area contributed by atoms with Crippen molar-refractivity contribution < 1.29 is 13.9 Å². The highest BCUT2D eigenvalue weighted by Crippen LogP contribution is 2.40. The Morgan fingerprint density at radius 3 is 2.12 bits per heavy atom. The summed E-state index contributed by atoms with van der Waals surface area (Å²) in [5, 5.41) is 4.58. The predicted octanol–water partition coefficient (Wildman–Crippen LogP) is 6.75. The van der Waals surface area contributed by atoms with Crippen molar-refractivity contribution in [2.24, 2.45) is 0 Å². The number of aryl methyl sites for hydroxylation is 3.